The topological polar surface area (TPSA) is 70.6 Å². The van der Waals surface area contributed by atoms with E-state index >= 15 is 0 Å². The first-order chi connectivity index (χ1) is 12.7. The Labute approximate surface area is 153 Å². The van der Waals surface area contributed by atoms with Gasteiger partial charge in [0.1, 0.15) is 17.1 Å². The first-order valence-electron chi connectivity index (χ1n) is 9.04. The number of carbonyl (C=O) groups is 1. The molecule has 0 unspecified atom stereocenters. The zero-order chi connectivity index (χ0) is 18.1. The lowest BCUT2D eigenvalue weighted by Crippen LogP contribution is -2.39. The molecule has 0 saturated carbocycles. The second kappa shape index (κ2) is 6.82. The van der Waals surface area contributed by atoms with Crippen molar-refractivity contribution in [2.24, 2.45) is 0 Å². The summed E-state index contributed by atoms with van der Waals surface area (Å²) >= 11 is 0. The maximum atomic E-state index is 13.3. The van der Waals surface area contributed by atoms with Crippen molar-refractivity contribution in [1.82, 2.24) is 9.97 Å². The number of nitrogens with one attached hydrogen (secondary N) is 1. The van der Waals surface area contributed by atoms with E-state index in [2.05, 4.69) is 20.2 Å². The number of ether oxygens (including phenoxy) is 1. The van der Waals surface area contributed by atoms with Crippen LogP contribution >= 0.6 is 0 Å². The van der Waals surface area contributed by atoms with Gasteiger partial charge in [-0.2, -0.15) is 4.98 Å². The summed E-state index contributed by atoms with van der Waals surface area (Å²) in [4.78, 5) is 26.4. The highest BCUT2D eigenvalue weighted by atomic mass is 16.5. The van der Waals surface area contributed by atoms with E-state index in [-0.39, 0.29) is 11.9 Å². The van der Waals surface area contributed by atoms with Gasteiger partial charge < -0.3 is 19.9 Å². The number of fused-ring (bicyclic) bond motifs is 3. The lowest BCUT2D eigenvalue weighted by molar-refractivity contribution is 0.0988. The lowest BCUT2D eigenvalue weighted by Gasteiger charge is -2.27. The highest BCUT2D eigenvalue weighted by Crippen LogP contribution is 2.34. The third-order valence-corrected chi connectivity index (χ3v) is 4.99. The summed E-state index contributed by atoms with van der Waals surface area (Å²) in [6, 6.07) is 7.89. The molecule has 1 saturated heterocycles. The van der Waals surface area contributed by atoms with Gasteiger partial charge in [-0.15, -0.1) is 0 Å². The molecule has 7 heteroatoms. The molecule has 1 fully saturated rings. The number of rotatable bonds is 4. The van der Waals surface area contributed by atoms with E-state index in [1.165, 1.54) is 0 Å². The third-order valence-electron chi connectivity index (χ3n) is 4.99. The number of hydrogen-bond donors (Lipinski definition) is 1. The minimum atomic E-state index is -0.0642. The van der Waals surface area contributed by atoms with Crippen LogP contribution in [0.25, 0.3) is 0 Å². The van der Waals surface area contributed by atoms with Crippen LogP contribution in [0.1, 0.15) is 30.1 Å². The van der Waals surface area contributed by atoms with Crippen LogP contribution in [0.4, 0.5) is 17.5 Å². The van der Waals surface area contributed by atoms with E-state index in [0.29, 0.717) is 18.1 Å². The highest BCUT2D eigenvalue weighted by molar-refractivity contribution is 6.10. The molecule has 2 aromatic rings. The number of hydrogen-bond acceptors (Lipinski definition) is 6. The summed E-state index contributed by atoms with van der Waals surface area (Å²) in [5.41, 5.74) is 1.39. The first kappa shape index (κ1) is 16.6. The molecule has 0 aliphatic carbocycles. The van der Waals surface area contributed by atoms with Crippen molar-refractivity contribution >= 4 is 23.4 Å². The van der Waals surface area contributed by atoms with Gasteiger partial charge in [0.25, 0.3) is 5.91 Å². The van der Waals surface area contributed by atoms with Crippen molar-refractivity contribution in [3.63, 3.8) is 0 Å². The van der Waals surface area contributed by atoms with Crippen LogP contribution in [0.15, 0.2) is 30.5 Å². The molecule has 4 rings (SSSR count). The number of methoxy groups -OCH3 is 1. The van der Waals surface area contributed by atoms with Crippen molar-refractivity contribution in [2.75, 3.05) is 41.9 Å². The Bertz CT molecular complexity index is 825. The molecule has 1 aromatic heterocycles. The molecule has 2 aliphatic rings. The van der Waals surface area contributed by atoms with E-state index in [1.807, 2.05) is 36.1 Å². The zero-order valence-electron chi connectivity index (χ0n) is 15.1. The van der Waals surface area contributed by atoms with Crippen molar-refractivity contribution in [1.29, 1.82) is 0 Å². The summed E-state index contributed by atoms with van der Waals surface area (Å²) < 4.78 is 5.33. The number of aromatic nitrogens is 2. The molecule has 1 atom stereocenters. The molecule has 3 heterocycles. The molecule has 26 heavy (non-hydrogen) atoms. The van der Waals surface area contributed by atoms with Crippen LogP contribution in [-0.2, 0) is 0 Å². The van der Waals surface area contributed by atoms with Crippen LogP contribution in [-0.4, -0.2) is 48.7 Å². The van der Waals surface area contributed by atoms with Gasteiger partial charge in [-0.3, -0.25) is 4.79 Å². The van der Waals surface area contributed by atoms with Gasteiger partial charge in [0.2, 0.25) is 5.95 Å². The fourth-order valence-corrected chi connectivity index (χ4v) is 3.73. The SMILES string of the molecule is CCNc1ncc2c(n1)N1CCC[C@H]1CN(c1cccc(OC)c1)C2=O. The van der Waals surface area contributed by atoms with E-state index in [0.717, 1.165) is 43.2 Å². The van der Waals surface area contributed by atoms with Crippen molar-refractivity contribution in [2.45, 2.75) is 25.8 Å². The van der Waals surface area contributed by atoms with Crippen LogP contribution in [0.5, 0.6) is 5.75 Å². The molecule has 0 bridgehead atoms. The fraction of sp³-hybridized carbons (Fsp3) is 0.421. The van der Waals surface area contributed by atoms with E-state index in [9.17, 15) is 4.79 Å². The molecule has 1 amide bonds. The van der Waals surface area contributed by atoms with Crippen molar-refractivity contribution in [3.05, 3.63) is 36.0 Å². The number of anilines is 3. The van der Waals surface area contributed by atoms with E-state index in [4.69, 9.17) is 4.74 Å². The number of carbonyl (C=O) groups excluding carboxylic acids is 1. The summed E-state index contributed by atoms with van der Waals surface area (Å²) in [5, 5.41) is 3.14. The molecular formula is C19H23N5O2. The van der Waals surface area contributed by atoms with Crippen molar-refractivity contribution < 1.29 is 9.53 Å². The highest BCUT2D eigenvalue weighted by Gasteiger charge is 2.37. The number of amides is 1. The van der Waals surface area contributed by atoms with Crippen LogP contribution in [0.3, 0.4) is 0 Å². The summed E-state index contributed by atoms with van der Waals surface area (Å²) in [6.45, 7) is 4.30. The minimum absolute atomic E-state index is 0.0642. The molecule has 7 nitrogen and oxygen atoms in total. The maximum Gasteiger partial charge on any atom is 0.263 e. The van der Waals surface area contributed by atoms with Crippen LogP contribution < -0.4 is 19.9 Å². The lowest BCUT2D eigenvalue weighted by atomic mass is 10.2. The molecular weight excluding hydrogens is 330 g/mol. The Kier molecular flexibility index (Phi) is 4.36. The average molecular weight is 353 g/mol. The third kappa shape index (κ3) is 2.83. The summed E-state index contributed by atoms with van der Waals surface area (Å²) in [5.74, 6) is 1.99. The van der Waals surface area contributed by atoms with E-state index < -0.39 is 0 Å². The smallest absolute Gasteiger partial charge is 0.263 e. The van der Waals surface area contributed by atoms with Gasteiger partial charge in [0.05, 0.1) is 7.11 Å². The van der Waals surface area contributed by atoms with Gasteiger partial charge >= 0.3 is 0 Å². The second-order valence-corrected chi connectivity index (χ2v) is 6.57. The predicted molar refractivity (Wildman–Crippen MR) is 101 cm³/mol. The van der Waals surface area contributed by atoms with Crippen LogP contribution in [0, 0.1) is 0 Å². The average Bonchev–Trinajstić information content (AvgIpc) is 3.10. The normalized spacial score (nSPS) is 19.0. The molecule has 2 aliphatic heterocycles. The molecule has 0 spiro atoms. The Morgan fingerprint density at radius 3 is 3.08 bits per heavy atom. The van der Waals surface area contributed by atoms with Crippen LogP contribution in [0.2, 0.25) is 0 Å². The molecule has 1 N–H and O–H groups in total. The van der Waals surface area contributed by atoms with E-state index in [1.54, 1.807) is 13.3 Å². The van der Waals surface area contributed by atoms with Crippen molar-refractivity contribution in [3.8, 4) is 5.75 Å². The maximum absolute atomic E-state index is 13.3. The fourth-order valence-electron chi connectivity index (χ4n) is 3.73. The van der Waals surface area contributed by atoms with Gasteiger partial charge in [-0.1, -0.05) is 6.07 Å². The molecule has 136 valence electrons. The second-order valence-electron chi connectivity index (χ2n) is 6.57. The zero-order valence-corrected chi connectivity index (χ0v) is 15.1. The number of nitrogens with zero attached hydrogens (tertiary/aromatic N) is 4. The Morgan fingerprint density at radius 1 is 1.38 bits per heavy atom. The summed E-state index contributed by atoms with van der Waals surface area (Å²) in [6.07, 6.45) is 3.80. The van der Waals surface area contributed by atoms with Gasteiger partial charge in [-0.05, 0) is 31.9 Å². The predicted octanol–water partition coefficient (Wildman–Crippen LogP) is 2.55. The molecule has 0 radical (unpaired) electrons. The summed E-state index contributed by atoms with van der Waals surface area (Å²) in [7, 11) is 1.63. The Morgan fingerprint density at radius 2 is 2.27 bits per heavy atom. The minimum Gasteiger partial charge on any atom is -0.497 e. The Hall–Kier alpha value is -2.83. The standard InChI is InChI=1S/C19H23N5O2/c1-3-20-19-21-11-16-17(22-19)23-9-5-7-14(23)12-24(18(16)25)13-6-4-8-15(10-13)26-2/h4,6,8,10-11,14H,3,5,7,9,12H2,1-2H3,(H,20,21,22)/t14-/m0/s1. The number of benzene rings is 1. The molecule has 1 aromatic carbocycles. The van der Waals surface area contributed by atoms with Gasteiger partial charge in [0, 0.05) is 43.6 Å². The van der Waals surface area contributed by atoms with Gasteiger partial charge in [0.15, 0.2) is 0 Å². The quantitative estimate of drug-likeness (QED) is 0.911. The van der Waals surface area contributed by atoms with Gasteiger partial charge in [-0.25, -0.2) is 4.98 Å². The largest absolute Gasteiger partial charge is 0.497 e. The monoisotopic (exact) mass is 353 g/mol. The Balaban J connectivity index is 1.78. The first-order valence-corrected chi connectivity index (χ1v) is 9.04.